The van der Waals surface area contributed by atoms with Gasteiger partial charge in [0, 0.05) is 12.6 Å². The van der Waals surface area contributed by atoms with E-state index in [0.29, 0.717) is 5.92 Å². The summed E-state index contributed by atoms with van der Waals surface area (Å²) in [5.74, 6) is 0.668. The van der Waals surface area contributed by atoms with E-state index < -0.39 is 0 Å². The second-order valence-corrected chi connectivity index (χ2v) is 8.10. The highest BCUT2D eigenvalue weighted by atomic mass is 14.7. The monoisotopic (exact) mass is 387 g/mol. The van der Waals surface area contributed by atoms with E-state index in [9.17, 15) is 0 Å². The molecule has 0 aliphatic heterocycles. The maximum Gasteiger partial charge on any atom is 0.0646 e. The number of hydrogen-bond acceptors (Lipinski definition) is 1. The van der Waals surface area contributed by atoms with Crippen LogP contribution in [-0.4, -0.2) is 12.8 Å². The number of aryl methyl sites for hydroxylation is 1. The zero-order valence-corrected chi connectivity index (χ0v) is 19.0. The molecule has 154 valence electrons. The second kappa shape index (κ2) is 11.0. The van der Waals surface area contributed by atoms with Gasteiger partial charge in [-0.25, -0.2) is 0 Å². The first-order chi connectivity index (χ1) is 13.9. The van der Waals surface area contributed by atoms with E-state index in [2.05, 4.69) is 75.3 Å². The summed E-state index contributed by atoms with van der Waals surface area (Å²) >= 11 is 0. The number of allylic oxidation sites excluding steroid dienone is 4. The molecule has 0 heterocycles. The number of hydrogen-bond donors (Lipinski definition) is 0. The largest absolute Gasteiger partial charge is 0.288 e. The maximum atomic E-state index is 4.57. The van der Waals surface area contributed by atoms with Crippen LogP contribution < -0.4 is 0 Å². The highest BCUT2D eigenvalue weighted by molar-refractivity contribution is 6.11. The lowest BCUT2D eigenvalue weighted by atomic mass is 9.88. The second-order valence-electron chi connectivity index (χ2n) is 8.10. The van der Waals surface area contributed by atoms with E-state index in [1.165, 1.54) is 53.2 Å². The van der Waals surface area contributed by atoms with Gasteiger partial charge in [0.15, 0.2) is 0 Å². The number of aliphatic imine (C=N–C) groups is 1. The van der Waals surface area contributed by atoms with Gasteiger partial charge < -0.3 is 0 Å². The Bertz CT molecular complexity index is 921. The van der Waals surface area contributed by atoms with Crippen LogP contribution >= 0.6 is 0 Å². The first-order valence-corrected chi connectivity index (χ1v) is 10.9. The van der Waals surface area contributed by atoms with Crippen molar-refractivity contribution in [3.63, 3.8) is 0 Å². The fourth-order valence-corrected chi connectivity index (χ4v) is 4.09. The van der Waals surface area contributed by atoms with Crippen LogP contribution in [0.4, 0.5) is 0 Å². The Kier molecular flexibility index (Phi) is 8.64. The van der Waals surface area contributed by atoms with Crippen molar-refractivity contribution in [2.24, 2.45) is 4.99 Å². The van der Waals surface area contributed by atoms with Crippen molar-refractivity contribution in [2.45, 2.75) is 65.7 Å². The number of benzene rings is 2. The molecule has 0 fully saturated rings. The minimum Gasteiger partial charge on any atom is -0.288 e. The van der Waals surface area contributed by atoms with Crippen LogP contribution in [0.1, 0.15) is 75.5 Å². The summed E-state index contributed by atoms with van der Waals surface area (Å²) in [6.45, 7) is 16.8. The summed E-state index contributed by atoms with van der Waals surface area (Å²) in [7, 11) is 1.86. The molecule has 0 unspecified atom stereocenters. The van der Waals surface area contributed by atoms with Crippen molar-refractivity contribution in [3.8, 4) is 0 Å². The average Bonchev–Trinajstić information content (AvgIpc) is 2.70. The third-order valence-electron chi connectivity index (χ3n) is 5.69. The normalized spacial score (nSPS) is 12.6. The van der Waals surface area contributed by atoms with Crippen LogP contribution in [0.25, 0.3) is 10.8 Å². The molecule has 0 radical (unpaired) electrons. The summed E-state index contributed by atoms with van der Waals surface area (Å²) < 4.78 is 0. The summed E-state index contributed by atoms with van der Waals surface area (Å²) in [4.78, 5) is 4.57. The lowest BCUT2D eigenvalue weighted by Gasteiger charge is -2.17. The Hall–Kier alpha value is -2.41. The third kappa shape index (κ3) is 5.79. The van der Waals surface area contributed by atoms with Gasteiger partial charge in [-0.05, 0) is 84.7 Å². The summed E-state index contributed by atoms with van der Waals surface area (Å²) in [5.41, 5.74) is 7.18. The van der Waals surface area contributed by atoms with E-state index in [4.69, 9.17) is 0 Å². The zero-order chi connectivity index (χ0) is 21.4. The van der Waals surface area contributed by atoms with Crippen LogP contribution in [0.5, 0.6) is 0 Å². The van der Waals surface area contributed by atoms with Crippen molar-refractivity contribution in [2.75, 3.05) is 7.05 Å². The summed E-state index contributed by atoms with van der Waals surface area (Å²) in [6, 6.07) is 11.6. The van der Waals surface area contributed by atoms with Crippen LogP contribution in [-0.2, 0) is 0 Å². The molecule has 0 bridgehead atoms. The molecular weight excluding hydrogens is 350 g/mol. The van der Waals surface area contributed by atoms with Crippen LogP contribution in [0.15, 0.2) is 71.8 Å². The third-order valence-corrected chi connectivity index (χ3v) is 5.69. The van der Waals surface area contributed by atoms with Gasteiger partial charge in [-0.15, -0.1) is 6.58 Å². The van der Waals surface area contributed by atoms with Crippen molar-refractivity contribution in [3.05, 3.63) is 83.5 Å². The Morgan fingerprint density at radius 3 is 2.34 bits per heavy atom. The molecule has 29 heavy (non-hydrogen) atoms. The fourth-order valence-electron chi connectivity index (χ4n) is 4.09. The molecule has 1 nitrogen and oxygen atoms in total. The molecule has 2 aromatic carbocycles. The van der Waals surface area contributed by atoms with Crippen LogP contribution in [0.3, 0.4) is 0 Å². The van der Waals surface area contributed by atoms with Crippen LogP contribution in [0, 0.1) is 6.92 Å². The Labute approximate surface area is 178 Å². The van der Waals surface area contributed by atoms with Gasteiger partial charge in [-0.3, -0.25) is 4.99 Å². The standard InChI is InChI=1S/C28H37N/c1-8-11-22(12-9-2)24-14-15-25-17-26(16-21(6)27(25)18-24)28(29-7)19-23(13-10-3)20(4)5/h10,14-19,22H,3-4,8-9,11-13H2,1-2,5-7H3/b23-19-,29-28?. The van der Waals surface area contributed by atoms with Gasteiger partial charge >= 0.3 is 0 Å². The predicted molar refractivity (Wildman–Crippen MR) is 131 cm³/mol. The minimum absolute atomic E-state index is 0.668. The smallest absolute Gasteiger partial charge is 0.0646 e. The van der Waals surface area contributed by atoms with Crippen LogP contribution in [0.2, 0.25) is 0 Å². The van der Waals surface area contributed by atoms with E-state index in [-0.39, 0.29) is 0 Å². The molecule has 0 saturated heterocycles. The van der Waals surface area contributed by atoms with Gasteiger partial charge in [0.2, 0.25) is 0 Å². The Morgan fingerprint density at radius 1 is 1.10 bits per heavy atom. The lowest BCUT2D eigenvalue weighted by Crippen LogP contribution is -2.02. The van der Waals surface area contributed by atoms with Gasteiger partial charge in [0.05, 0.1) is 5.71 Å². The number of nitrogens with zero attached hydrogens (tertiary/aromatic N) is 1. The van der Waals surface area contributed by atoms with Gasteiger partial charge in [0.25, 0.3) is 0 Å². The molecule has 0 aliphatic carbocycles. The topological polar surface area (TPSA) is 12.4 Å². The highest BCUT2D eigenvalue weighted by Gasteiger charge is 2.12. The summed E-state index contributed by atoms with van der Waals surface area (Å²) in [5, 5.41) is 2.64. The molecular formula is C28H37N. The average molecular weight is 388 g/mol. The minimum atomic E-state index is 0.668. The highest BCUT2D eigenvalue weighted by Crippen LogP contribution is 2.31. The Balaban J connectivity index is 2.50. The lowest BCUT2D eigenvalue weighted by molar-refractivity contribution is 0.561. The molecule has 0 spiro atoms. The molecule has 2 rings (SSSR count). The molecule has 1 heteroatoms. The van der Waals surface area contributed by atoms with Gasteiger partial charge in [-0.2, -0.15) is 0 Å². The molecule has 0 aliphatic rings. The molecule has 2 aromatic rings. The van der Waals surface area contributed by atoms with Crippen molar-refractivity contribution < 1.29 is 0 Å². The number of fused-ring (bicyclic) bond motifs is 1. The fraction of sp³-hybridized carbons (Fsp3) is 0.393. The first kappa shape index (κ1) is 22.9. The quantitative estimate of drug-likeness (QED) is 0.221. The van der Waals surface area contributed by atoms with Gasteiger partial charge in [-0.1, -0.05) is 63.1 Å². The predicted octanol–water partition coefficient (Wildman–Crippen LogP) is 8.33. The van der Waals surface area contributed by atoms with E-state index in [1.807, 2.05) is 20.0 Å². The van der Waals surface area contributed by atoms with Crippen molar-refractivity contribution >= 4 is 16.5 Å². The molecule has 0 atom stereocenters. The zero-order valence-electron chi connectivity index (χ0n) is 19.0. The SMILES string of the molecule is C=CC/C(=C/C(=NC)c1cc(C)c2cc(C(CCC)CCC)ccc2c1)C(=C)C. The van der Waals surface area contributed by atoms with E-state index in [1.54, 1.807) is 0 Å². The molecule has 0 N–H and O–H groups in total. The maximum absolute atomic E-state index is 4.57. The molecule has 0 saturated carbocycles. The van der Waals surface area contributed by atoms with E-state index in [0.717, 1.165) is 23.3 Å². The molecule has 0 aromatic heterocycles. The summed E-state index contributed by atoms with van der Waals surface area (Å²) in [6.07, 6.45) is 9.88. The van der Waals surface area contributed by atoms with Gasteiger partial charge in [0.1, 0.15) is 0 Å². The van der Waals surface area contributed by atoms with E-state index >= 15 is 0 Å². The van der Waals surface area contributed by atoms with Crippen molar-refractivity contribution in [1.29, 1.82) is 0 Å². The Morgan fingerprint density at radius 2 is 1.79 bits per heavy atom. The number of rotatable bonds is 10. The first-order valence-electron chi connectivity index (χ1n) is 10.9. The molecule has 0 amide bonds. The van der Waals surface area contributed by atoms with Crippen molar-refractivity contribution in [1.82, 2.24) is 0 Å².